The van der Waals surface area contributed by atoms with Crippen molar-refractivity contribution in [3.05, 3.63) is 24.3 Å². The topological polar surface area (TPSA) is 71.0 Å². The SMILES string of the molecule is CCOc1ccc(N2C(=O)CC(SC3=NCCN3)C2=O)cc1. The number of hydrogen-bond acceptors (Lipinski definition) is 6. The van der Waals surface area contributed by atoms with Gasteiger partial charge in [0.2, 0.25) is 11.8 Å². The van der Waals surface area contributed by atoms with Crippen LogP contribution in [0, 0.1) is 0 Å². The molecule has 2 aliphatic heterocycles. The Bertz CT molecular complexity index is 615. The van der Waals surface area contributed by atoms with Crippen molar-refractivity contribution < 1.29 is 14.3 Å². The lowest BCUT2D eigenvalue weighted by Gasteiger charge is -2.15. The van der Waals surface area contributed by atoms with Gasteiger partial charge >= 0.3 is 0 Å². The van der Waals surface area contributed by atoms with Crippen LogP contribution in [-0.2, 0) is 9.59 Å². The highest BCUT2D eigenvalue weighted by atomic mass is 32.2. The van der Waals surface area contributed by atoms with E-state index in [1.807, 2.05) is 6.92 Å². The van der Waals surface area contributed by atoms with E-state index in [9.17, 15) is 9.59 Å². The summed E-state index contributed by atoms with van der Waals surface area (Å²) in [5.74, 6) is 0.363. The van der Waals surface area contributed by atoms with Crippen LogP contribution in [0.1, 0.15) is 13.3 Å². The Hall–Kier alpha value is -2.02. The number of anilines is 1. The van der Waals surface area contributed by atoms with Gasteiger partial charge in [-0.2, -0.15) is 0 Å². The van der Waals surface area contributed by atoms with Crippen LogP contribution >= 0.6 is 11.8 Å². The Morgan fingerprint density at radius 2 is 2.14 bits per heavy atom. The van der Waals surface area contributed by atoms with Gasteiger partial charge in [-0.1, -0.05) is 11.8 Å². The second kappa shape index (κ2) is 6.39. The summed E-state index contributed by atoms with van der Waals surface area (Å²) in [6, 6.07) is 7.00. The van der Waals surface area contributed by atoms with Crippen LogP contribution in [0.15, 0.2) is 29.3 Å². The van der Waals surface area contributed by atoms with Gasteiger partial charge in [0.15, 0.2) is 5.17 Å². The van der Waals surface area contributed by atoms with Gasteiger partial charge in [0.1, 0.15) is 11.0 Å². The molecule has 116 valence electrons. The number of amides is 2. The summed E-state index contributed by atoms with van der Waals surface area (Å²) in [5, 5.41) is 3.46. The second-order valence-electron chi connectivity index (χ2n) is 4.92. The third-order valence-electron chi connectivity index (χ3n) is 3.41. The number of benzene rings is 1. The Balaban J connectivity index is 1.73. The molecule has 1 aromatic carbocycles. The van der Waals surface area contributed by atoms with E-state index in [1.54, 1.807) is 24.3 Å². The van der Waals surface area contributed by atoms with Crippen LogP contribution in [0.2, 0.25) is 0 Å². The van der Waals surface area contributed by atoms with Gasteiger partial charge in [-0.3, -0.25) is 14.6 Å². The van der Waals surface area contributed by atoms with Crippen LogP contribution in [0.3, 0.4) is 0 Å². The molecule has 0 bridgehead atoms. The standard InChI is InChI=1S/C15H17N3O3S/c1-2-21-11-5-3-10(4-6-11)18-13(19)9-12(14(18)20)22-15-16-7-8-17-15/h3-6,12H,2,7-9H2,1H3,(H,16,17). The largest absolute Gasteiger partial charge is 0.494 e. The van der Waals surface area contributed by atoms with Crippen LogP contribution < -0.4 is 15.0 Å². The van der Waals surface area contributed by atoms with Crippen molar-refractivity contribution in [1.29, 1.82) is 0 Å². The smallest absolute Gasteiger partial charge is 0.247 e. The first-order valence-corrected chi connectivity index (χ1v) is 8.11. The molecule has 1 N–H and O–H groups in total. The molecule has 2 heterocycles. The predicted molar refractivity (Wildman–Crippen MR) is 86.4 cm³/mol. The second-order valence-corrected chi connectivity index (χ2v) is 6.11. The minimum atomic E-state index is -0.400. The van der Waals surface area contributed by atoms with Crippen molar-refractivity contribution in [1.82, 2.24) is 5.32 Å². The van der Waals surface area contributed by atoms with Gasteiger partial charge in [0.05, 0.1) is 18.8 Å². The average Bonchev–Trinajstić information content (AvgIpc) is 3.10. The zero-order valence-corrected chi connectivity index (χ0v) is 13.1. The molecule has 2 aliphatic rings. The summed E-state index contributed by atoms with van der Waals surface area (Å²) in [6.07, 6.45) is 0.206. The minimum Gasteiger partial charge on any atom is -0.494 e. The van der Waals surface area contributed by atoms with Crippen LogP contribution in [0.5, 0.6) is 5.75 Å². The molecule has 0 spiro atoms. The average molecular weight is 319 g/mol. The van der Waals surface area contributed by atoms with E-state index >= 15 is 0 Å². The fourth-order valence-corrected chi connectivity index (χ4v) is 3.47. The normalized spacial score (nSPS) is 21.0. The fraction of sp³-hybridized carbons (Fsp3) is 0.400. The number of imide groups is 1. The summed E-state index contributed by atoms with van der Waals surface area (Å²) in [4.78, 5) is 30.2. The van der Waals surface area contributed by atoms with E-state index in [-0.39, 0.29) is 18.2 Å². The van der Waals surface area contributed by atoms with E-state index in [1.165, 1.54) is 16.7 Å². The Morgan fingerprint density at radius 3 is 2.77 bits per heavy atom. The molecule has 1 aromatic rings. The predicted octanol–water partition coefficient (Wildman–Crippen LogP) is 1.41. The molecule has 0 radical (unpaired) electrons. The molecular formula is C15H17N3O3S. The molecular weight excluding hydrogens is 302 g/mol. The van der Waals surface area contributed by atoms with Crippen molar-refractivity contribution in [3.8, 4) is 5.75 Å². The minimum absolute atomic E-state index is 0.176. The molecule has 0 aliphatic carbocycles. The number of aliphatic imine (C=N–C) groups is 1. The first-order valence-electron chi connectivity index (χ1n) is 7.23. The maximum absolute atomic E-state index is 12.5. The number of nitrogens with zero attached hydrogens (tertiary/aromatic N) is 2. The molecule has 1 unspecified atom stereocenters. The summed E-state index contributed by atoms with van der Waals surface area (Å²) in [7, 11) is 0. The van der Waals surface area contributed by atoms with Gasteiger partial charge in [0, 0.05) is 13.0 Å². The molecule has 1 fully saturated rings. The molecule has 1 saturated heterocycles. The summed E-state index contributed by atoms with van der Waals surface area (Å²) in [5.41, 5.74) is 0.586. The maximum atomic E-state index is 12.5. The first kappa shape index (κ1) is 14.9. The zero-order valence-electron chi connectivity index (χ0n) is 12.2. The molecule has 3 rings (SSSR count). The van der Waals surface area contributed by atoms with Crippen LogP contribution in [-0.4, -0.2) is 41.9 Å². The van der Waals surface area contributed by atoms with Crippen molar-refractivity contribution in [2.45, 2.75) is 18.6 Å². The molecule has 6 nitrogen and oxygen atoms in total. The molecule has 7 heteroatoms. The van der Waals surface area contributed by atoms with E-state index in [4.69, 9.17) is 4.74 Å². The number of hydrogen-bond donors (Lipinski definition) is 1. The number of carbonyl (C=O) groups is 2. The number of rotatable bonds is 4. The molecule has 2 amide bonds. The highest BCUT2D eigenvalue weighted by Gasteiger charge is 2.40. The summed E-state index contributed by atoms with van der Waals surface area (Å²) >= 11 is 1.34. The lowest BCUT2D eigenvalue weighted by molar-refractivity contribution is -0.121. The Kier molecular flexibility index (Phi) is 4.33. The third kappa shape index (κ3) is 2.94. The van der Waals surface area contributed by atoms with Crippen molar-refractivity contribution in [2.75, 3.05) is 24.6 Å². The highest BCUT2D eigenvalue weighted by molar-refractivity contribution is 8.15. The summed E-state index contributed by atoms with van der Waals surface area (Å²) < 4.78 is 5.37. The van der Waals surface area contributed by atoms with Crippen molar-refractivity contribution >= 4 is 34.4 Å². The quantitative estimate of drug-likeness (QED) is 0.850. The first-order chi connectivity index (χ1) is 10.7. The number of ether oxygens (including phenoxy) is 1. The monoisotopic (exact) mass is 319 g/mol. The van der Waals surface area contributed by atoms with Gasteiger partial charge < -0.3 is 10.1 Å². The Morgan fingerprint density at radius 1 is 1.36 bits per heavy atom. The fourth-order valence-electron chi connectivity index (χ4n) is 2.42. The zero-order chi connectivity index (χ0) is 15.5. The number of carbonyl (C=O) groups excluding carboxylic acids is 2. The molecule has 1 atom stereocenters. The molecule has 0 saturated carbocycles. The maximum Gasteiger partial charge on any atom is 0.247 e. The number of nitrogens with one attached hydrogen (secondary N) is 1. The lowest BCUT2D eigenvalue weighted by Crippen LogP contribution is -2.31. The van der Waals surface area contributed by atoms with Crippen molar-refractivity contribution in [3.63, 3.8) is 0 Å². The number of amidine groups is 1. The van der Waals surface area contributed by atoms with Crippen LogP contribution in [0.4, 0.5) is 5.69 Å². The van der Waals surface area contributed by atoms with Crippen molar-refractivity contribution in [2.24, 2.45) is 4.99 Å². The molecule has 22 heavy (non-hydrogen) atoms. The van der Waals surface area contributed by atoms with E-state index < -0.39 is 5.25 Å². The van der Waals surface area contributed by atoms with E-state index in [0.29, 0.717) is 12.3 Å². The lowest BCUT2D eigenvalue weighted by atomic mass is 10.3. The van der Waals surface area contributed by atoms with Crippen LogP contribution in [0.25, 0.3) is 0 Å². The third-order valence-corrected chi connectivity index (χ3v) is 4.56. The highest BCUT2D eigenvalue weighted by Crippen LogP contribution is 2.31. The number of thioether (sulfide) groups is 1. The summed E-state index contributed by atoms with van der Waals surface area (Å²) in [6.45, 7) is 4.00. The van der Waals surface area contributed by atoms with Gasteiger partial charge in [-0.25, -0.2) is 4.90 Å². The van der Waals surface area contributed by atoms with Gasteiger partial charge in [0.25, 0.3) is 0 Å². The molecule has 0 aromatic heterocycles. The van der Waals surface area contributed by atoms with E-state index in [0.717, 1.165) is 24.0 Å². The van der Waals surface area contributed by atoms with Gasteiger partial charge in [-0.05, 0) is 31.2 Å². The Labute approximate surface area is 132 Å². The van der Waals surface area contributed by atoms with E-state index in [2.05, 4.69) is 10.3 Å². The van der Waals surface area contributed by atoms with Gasteiger partial charge in [-0.15, -0.1) is 0 Å².